The third-order valence-corrected chi connectivity index (χ3v) is 9.00. The zero-order valence-corrected chi connectivity index (χ0v) is 33.5. The average molecular weight is 738 g/mol. The Kier molecular flexibility index (Phi) is 15.4. The van der Waals surface area contributed by atoms with Crippen LogP contribution in [0, 0.1) is 28.6 Å². The SMILES string of the molecule is C=CC(=C)O.COc1ccc(-c2nc(-c3ccc(C(=O)OCC(CCC(C)CC(C)(C)C)C(C)CC(C)(C)C)cc3)nc(-c3ccccc3O)n2)c(O)c1. The fourth-order valence-electron chi connectivity index (χ4n) is 6.57. The van der Waals surface area contributed by atoms with Gasteiger partial charge < -0.3 is 24.8 Å². The second kappa shape index (κ2) is 19.2. The van der Waals surface area contributed by atoms with Gasteiger partial charge in [0.05, 0.1) is 30.4 Å². The number of allylic oxidation sites excluding steroid dienone is 1. The van der Waals surface area contributed by atoms with E-state index >= 15 is 0 Å². The predicted octanol–water partition coefficient (Wildman–Crippen LogP) is 11.2. The number of aromatic hydroxyl groups is 2. The summed E-state index contributed by atoms with van der Waals surface area (Å²) >= 11 is 0. The van der Waals surface area contributed by atoms with Gasteiger partial charge >= 0.3 is 5.97 Å². The van der Waals surface area contributed by atoms with Gasteiger partial charge in [0.25, 0.3) is 0 Å². The fraction of sp³-hybridized carbons (Fsp3) is 0.422. The van der Waals surface area contributed by atoms with Gasteiger partial charge in [-0.15, -0.1) is 0 Å². The standard InChI is InChI=1S/C41H53N3O5.C4H6O/c1-26(23-40(3,4)5)14-15-30(27(2)24-41(6,7)8)25-49-39(47)29-18-16-28(17-19-29)36-42-37(32-12-10-11-13-34(32)45)44-38(43-36)33-21-20-31(48-9)22-35(33)46;1-3-4(2)5/h10-13,16-22,26-27,30,45-46H,14-15,23-25H2,1-9H3;3,5H,1-2H2. The average Bonchev–Trinajstić information content (AvgIpc) is 3.10. The molecule has 9 nitrogen and oxygen atoms in total. The van der Waals surface area contributed by atoms with Crippen LogP contribution in [-0.4, -0.2) is 50.0 Å². The van der Waals surface area contributed by atoms with E-state index in [0.29, 0.717) is 52.3 Å². The van der Waals surface area contributed by atoms with Crippen molar-refractivity contribution in [1.82, 2.24) is 15.0 Å². The molecule has 9 heteroatoms. The van der Waals surface area contributed by atoms with Crippen molar-refractivity contribution in [2.24, 2.45) is 28.6 Å². The van der Waals surface area contributed by atoms with Gasteiger partial charge in [0, 0.05) is 11.6 Å². The number of phenols is 2. The molecule has 4 rings (SSSR count). The smallest absolute Gasteiger partial charge is 0.338 e. The van der Waals surface area contributed by atoms with E-state index in [1.807, 2.05) is 0 Å². The number of aliphatic hydroxyl groups is 1. The molecule has 3 aromatic carbocycles. The van der Waals surface area contributed by atoms with Crippen molar-refractivity contribution in [3.63, 3.8) is 0 Å². The molecule has 290 valence electrons. The van der Waals surface area contributed by atoms with Gasteiger partial charge in [0.1, 0.15) is 23.0 Å². The van der Waals surface area contributed by atoms with Gasteiger partial charge in [-0.1, -0.05) is 99.2 Å². The molecule has 4 aromatic rings. The Labute approximate surface area is 321 Å². The number of phenolic OH excluding ortho intramolecular Hbond substituents is 2. The first-order valence-corrected chi connectivity index (χ1v) is 18.5. The fourth-order valence-corrected chi connectivity index (χ4v) is 6.57. The molecule has 3 unspecified atom stereocenters. The first-order valence-electron chi connectivity index (χ1n) is 18.5. The first-order chi connectivity index (χ1) is 25.3. The van der Waals surface area contributed by atoms with E-state index < -0.39 is 0 Å². The summed E-state index contributed by atoms with van der Waals surface area (Å²) in [5.74, 6) is 2.17. The number of carbonyl (C=O) groups is 1. The Morgan fingerprint density at radius 2 is 1.35 bits per heavy atom. The zero-order valence-electron chi connectivity index (χ0n) is 33.5. The van der Waals surface area contributed by atoms with Crippen molar-refractivity contribution in [3.05, 3.63) is 97.3 Å². The number of aliphatic hydroxyl groups excluding tert-OH is 1. The van der Waals surface area contributed by atoms with Crippen molar-refractivity contribution < 1.29 is 29.6 Å². The number of para-hydroxylation sites is 1. The van der Waals surface area contributed by atoms with E-state index in [0.717, 1.165) is 25.7 Å². The Balaban J connectivity index is 0.00000147. The summed E-state index contributed by atoms with van der Waals surface area (Å²) in [6.07, 6.45) is 5.62. The zero-order chi connectivity index (χ0) is 40.2. The summed E-state index contributed by atoms with van der Waals surface area (Å²) < 4.78 is 11.2. The van der Waals surface area contributed by atoms with Crippen molar-refractivity contribution in [3.8, 4) is 51.4 Å². The monoisotopic (exact) mass is 737 g/mol. The molecule has 1 heterocycles. The summed E-state index contributed by atoms with van der Waals surface area (Å²) in [6, 6.07) is 18.6. The molecule has 0 aliphatic heterocycles. The molecule has 3 atom stereocenters. The minimum absolute atomic E-state index is 0.0152. The molecule has 0 saturated carbocycles. The van der Waals surface area contributed by atoms with Gasteiger partial charge in [0.2, 0.25) is 0 Å². The van der Waals surface area contributed by atoms with Crippen LogP contribution in [0.2, 0.25) is 0 Å². The van der Waals surface area contributed by atoms with Gasteiger partial charge in [-0.2, -0.15) is 0 Å². The maximum Gasteiger partial charge on any atom is 0.338 e. The molecule has 0 spiro atoms. The molecule has 0 fully saturated rings. The highest BCUT2D eigenvalue weighted by Crippen LogP contribution is 2.36. The number of hydrogen-bond donors (Lipinski definition) is 3. The normalized spacial score (nSPS) is 13.1. The van der Waals surface area contributed by atoms with E-state index in [4.69, 9.17) is 14.6 Å². The molecule has 0 bridgehead atoms. The van der Waals surface area contributed by atoms with Crippen LogP contribution in [0.25, 0.3) is 34.2 Å². The van der Waals surface area contributed by atoms with Crippen LogP contribution in [0.4, 0.5) is 0 Å². The van der Waals surface area contributed by atoms with E-state index in [-0.39, 0.29) is 51.6 Å². The van der Waals surface area contributed by atoms with Gasteiger partial charge in [0.15, 0.2) is 17.5 Å². The molecule has 0 saturated heterocycles. The second-order valence-corrected chi connectivity index (χ2v) is 16.5. The lowest BCUT2D eigenvalue weighted by molar-refractivity contribution is 0.0356. The highest BCUT2D eigenvalue weighted by atomic mass is 16.5. The number of aromatic nitrogens is 3. The largest absolute Gasteiger partial charge is 0.509 e. The van der Waals surface area contributed by atoms with Crippen LogP contribution < -0.4 is 4.74 Å². The van der Waals surface area contributed by atoms with Crippen molar-refractivity contribution in [2.45, 2.75) is 81.1 Å². The van der Waals surface area contributed by atoms with Gasteiger partial charge in [-0.25, -0.2) is 19.7 Å². The number of methoxy groups -OCH3 is 1. The van der Waals surface area contributed by atoms with Crippen LogP contribution in [0.5, 0.6) is 17.2 Å². The Bertz CT molecular complexity index is 1860. The molecule has 0 aliphatic carbocycles. The van der Waals surface area contributed by atoms with Crippen molar-refractivity contribution >= 4 is 5.97 Å². The molecule has 3 N–H and O–H groups in total. The number of benzene rings is 3. The Morgan fingerprint density at radius 1 is 0.796 bits per heavy atom. The molecule has 0 aliphatic rings. The highest BCUT2D eigenvalue weighted by Gasteiger charge is 2.26. The number of carbonyl (C=O) groups excluding carboxylic acids is 1. The lowest BCUT2D eigenvalue weighted by Crippen LogP contribution is -2.25. The molecular weight excluding hydrogens is 679 g/mol. The Hall–Kier alpha value is -5.18. The summed E-state index contributed by atoms with van der Waals surface area (Å²) in [4.78, 5) is 27.2. The molecular formula is C45H59N3O6. The predicted molar refractivity (Wildman–Crippen MR) is 217 cm³/mol. The van der Waals surface area contributed by atoms with Crippen LogP contribution in [0.1, 0.15) is 91.4 Å². The summed E-state index contributed by atoms with van der Waals surface area (Å²) in [7, 11) is 1.52. The van der Waals surface area contributed by atoms with Crippen LogP contribution in [0.15, 0.2) is 91.7 Å². The first kappa shape index (κ1) is 43.2. The van der Waals surface area contributed by atoms with Gasteiger partial charge in [-0.3, -0.25) is 0 Å². The molecule has 0 radical (unpaired) electrons. The topological polar surface area (TPSA) is 135 Å². The maximum atomic E-state index is 13.3. The third kappa shape index (κ3) is 13.7. The second-order valence-electron chi connectivity index (χ2n) is 16.5. The summed E-state index contributed by atoms with van der Waals surface area (Å²) in [6.45, 7) is 25.0. The van der Waals surface area contributed by atoms with E-state index in [9.17, 15) is 15.0 Å². The molecule has 1 aromatic heterocycles. The number of rotatable bonds is 14. The highest BCUT2D eigenvalue weighted by molar-refractivity contribution is 5.90. The summed E-state index contributed by atoms with van der Waals surface area (Å²) in [5.41, 5.74) is 2.35. The summed E-state index contributed by atoms with van der Waals surface area (Å²) in [5, 5.41) is 29.4. The molecule has 0 amide bonds. The minimum Gasteiger partial charge on any atom is -0.509 e. The van der Waals surface area contributed by atoms with Crippen molar-refractivity contribution in [2.75, 3.05) is 13.7 Å². The van der Waals surface area contributed by atoms with E-state index in [1.54, 1.807) is 60.7 Å². The van der Waals surface area contributed by atoms with Crippen LogP contribution in [-0.2, 0) is 4.74 Å². The Morgan fingerprint density at radius 3 is 1.87 bits per heavy atom. The minimum atomic E-state index is -0.364. The lowest BCUT2D eigenvalue weighted by atomic mass is 9.76. The maximum absolute atomic E-state index is 13.3. The third-order valence-electron chi connectivity index (χ3n) is 9.00. The number of hydrogen-bond acceptors (Lipinski definition) is 9. The van der Waals surface area contributed by atoms with E-state index in [2.05, 4.69) is 83.5 Å². The lowest BCUT2D eigenvalue weighted by Gasteiger charge is -2.31. The van der Waals surface area contributed by atoms with Crippen LogP contribution >= 0.6 is 0 Å². The van der Waals surface area contributed by atoms with Gasteiger partial charge in [-0.05, 0) is 90.3 Å². The van der Waals surface area contributed by atoms with Crippen LogP contribution in [0.3, 0.4) is 0 Å². The quantitative estimate of drug-likeness (QED) is 0.0656. The van der Waals surface area contributed by atoms with Crippen molar-refractivity contribution in [1.29, 1.82) is 0 Å². The van der Waals surface area contributed by atoms with E-state index in [1.165, 1.54) is 19.3 Å². The molecule has 54 heavy (non-hydrogen) atoms. The number of nitrogens with zero attached hydrogens (tertiary/aromatic N) is 3. The number of ether oxygens (including phenoxy) is 2. The number of esters is 1.